The molecule has 0 unspecified atom stereocenters. The largest absolute Gasteiger partial charge is 0.494 e. The van der Waals surface area contributed by atoms with Gasteiger partial charge in [-0.3, -0.25) is 0 Å². The number of hydrogen-bond acceptors (Lipinski definition) is 2. The Morgan fingerprint density at radius 3 is 2.80 bits per heavy atom. The van der Waals surface area contributed by atoms with E-state index in [0.29, 0.717) is 18.5 Å². The zero-order valence-corrected chi connectivity index (χ0v) is 14.9. The van der Waals surface area contributed by atoms with Crippen molar-refractivity contribution in [2.24, 2.45) is 10.7 Å². The van der Waals surface area contributed by atoms with Gasteiger partial charge in [-0.05, 0) is 38.0 Å². The zero-order valence-electron chi connectivity index (χ0n) is 12.6. The number of aliphatic imine (C=N–C) groups is 1. The first-order valence-corrected chi connectivity index (χ1v) is 6.90. The molecule has 0 spiro atoms. The van der Waals surface area contributed by atoms with Crippen molar-refractivity contribution in [2.75, 3.05) is 6.61 Å². The molecule has 5 heteroatoms. The summed E-state index contributed by atoms with van der Waals surface area (Å²) in [4.78, 5) is 4.30. The Kier molecular flexibility index (Phi) is 10.2. The van der Waals surface area contributed by atoms with Crippen molar-refractivity contribution < 1.29 is 4.74 Å². The first kappa shape index (κ1) is 19.0. The number of hydrogen-bond donors (Lipinski definition) is 2. The van der Waals surface area contributed by atoms with Crippen LogP contribution in [-0.2, 0) is 6.54 Å². The Bertz CT molecular complexity index is 408. The van der Waals surface area contributed by atoms with E-state index in [2.05, 4.69) is 17.2 Å². The number of rotatable bonds is 7. The van der Waals surface area contributed by atoms with Crippen molar-refractivity contribution in [3.8, 4) is 5.75 Å². The third-order valence-electron chi connectivity index (χ3n) is 2.53. The molecular formula is C15H26IN3O. The summed E-state index contributed by atoms with van der Waals surface area (Å²) in [6.45, 7) is 7.55. The fourth-order valence-corrected chi connectivity index (χ4v) is 1.59. The van der Waals surface area contributed by atoms with Crippen LogP contribution in [-0.4, -0.2) is 18.6 Å². The minimum Gasteiger partial charge on any atom is -0.494 e. The molecule has 0 heterocycles. The van der Waals surface area contributed by atoms with Crippen LogP contribution in [0, 0.1) is 0 Å². The molecule has 1 aromatic rings. The number of ether oxygens (including phenoxy) is 1. The van der Waals surface area contributed by atoms with Gasteiger partial charge in [0.1, 0.15) is 5.75 Å². The monoisotopic (exact) mass is 391 g/mol. The first-order valence-electron chi connectivity index (χ1n) is 6.90. The van der Waals surface area contributed by atoms with Crippen LogP contribution in [0.2, 0.25) is 0 Å². The highest BCUT2D eigenvalue weighted by Gasteiger charge is 1.98. The SMILES string of the molecule is CCCCOc1cccc(CN=C(N)NC(C)C)c1.I. The highest BCUT2D eigenvalue weighted by molar-refractivity contribution is 14.0. The van der Waals surface area contributed by atoms with Crippen LogP contribution in [0.1, 0.15) is 39.2 Å². The summed E-state index contributed by atoms with van der Waals surface area (Å²) in [7, 11) is 0. The number of nitrogens with zero attached hydrogens (tertiary/aromatic N) is 1. The van der Waals surface area contributed by atoms with Crippen LogP contribution in [0.15, 0.2) is 29.3 Å². The van der Waals surface area contributed by atoms with E-state index in [0.717, 1.165) is 30.8 Å². The number of halogens is 1. The predicted molar refractivity (Wildman–Crippen MR) is 95.9 cm³/mol. The fraction of sp³-hybridized carbons (Fsp3) is 0.533. The van der Waals surface area contributed by atoms with Crippen molar-refractivity contribution in [1.82, 2.24) is 5.32 Å². The Morgan fingerprint density at radius 2 is 2.15 bits per heavy atom. The lowest BCUT2D eigenvalue weighted by Gasteiger charge is -2.09. The average Bonchev–Trinajstić information content (AvgIpc) is 2.36. The van der Waals surface area contributed by atoms with Gasteiger partial charge in [-0.15, -0.1) is 24.0 Å². The van der Waals surface area contributed by atoms with E-state index < -0.39 is 0 Å². The molecule has 1 rings (SSSR count). The highest BCUT2D eigenvalue weighted by atomic mass is 127. The maximum Gasteiger partial charge on any atom is 0.189 e. The summed E-state index contributed by atoms with van der Waals surface area (Å²) < 4.78 is 5.66. The maximum absolute atomic E-state index is 5.77. The van der Waals surface area contributed by atoms with Crippen molar-refractivity contribution in [3.63, 3.8) is 0 Å². The van der Waals surface area contributed by atoms with E-state index in [-0.39, 0.29) is 24.0 Å². The molecule has 0 radical (unpaired) electrons. The Morgan fingerprint density at radius 1 is 1.40 bits per heavy atom. The summed E-state index contributed by atoms with van der Waals surface area (Å²) in [6.07, 6.45) is 2.22. The van der Waals surface area contributed by atoms with Crippen molar-refractivity contribution >= 4 is 29.9 Å². The van der Waals surface area contributed by atoms with Gasteiger partial charge in [0.05, 0.1) is 13.2 Å². The standard InChI is InChI=1S/C15H25N3O.HI/c1-4-5-9-19-14-8-6-7-13(10-14)11-17-15(16)18-12(2)3;/h6-8,10,12H,4-5,9,11H2,1-3H3,(H3,16,17,18);1H. The van der Waals surface area contributed by atoms with Crippen molar-refractivity contribution in [3.05, 3.63) is 29.8 Å². The van der Waals surface area contributed by atoms with Crippen molar-refractivity contribution in [1.29, 1.82) is 0 Å². The Hall–Kier alpha value is -0.980. The molecule has 0 aliphatic heterocycles. The number of benzene rings is 1. The fourth-order valence-electron chi connectivity index (χ4n) is 1.59. The summed E-state index contributed by atoms with van der Waals surface area (Å²) in [5.74, 6) is 1.38. The van der Waals surface area contributed by atoms with Crippen LogP contribution in [0.5, 0.6) is 5.75 Å². The van der Waals surface area contributed by atoms with Crippen LogP contribution in [0.4, 0.5) is 0 Å². The summed E-state index contributed by atoms with van der Waals surface area (Å²) in [5, 5.41) is 3.07. The minimum atomic E-state index is 0. The zero-order chi connectivity index (χ0) is 14.1. The smallest absolute Gasteiger partial charge is 0.189 e. The van der Waals surface area contributed by atoms with Crippen LogP contribution < -0.4 is 15.8 Å². The van der Waals surface area contributed by atoms with Gasteiger partial charge in [0.25, 0.3) is 0 Å². The second-order valence-electron chi connectivity index (χ2n) is 4.85. The summed E-state index contributed by atoms with van der Waals surface area (Å²) in [6, 6.07) is 8.30. The number of unbranched alkanes of at least 4 members (excludes halogenated alkanes) is 1. The third-order valence-corrected chi connectivity index (χ3v) is 2.53. The Balaban J connectivity index is 0.00000361. The number of nitrogens with two attached hydrogens (primary N) is 1. The second kappa shape index (κ2) is 10.8. The van der Waals surface area contributed by atoms with E-state index in [1.165, 1.54) is 0 Å². The highest BCUT2D eigenvalue weighted by Crippen LogP contribution is 2.14. The quantitative estimate of drug-likeness (QED) is 0.325. The molecule has 0 atom stereocenters. The predicted octanol–water partition coefficient (Wildman–Crippen LogP) is 3.30. The van der Waals surface area contributed by atoms with Gasteiger partial charge < -0.3 is 15.8 Å². The van der Waals surface area contributed by atoms with Crippen molar-refractivity contribution in [2.45, 2.75) is 46.2 Å². The lowest BCUT2D eigenvalue weighted by molar-refractivity contribution is 0.309. The molecule has 0 fully saturated rings. The van der Waals surface area contributed by atoms with Crippen LogP contribution in [0.3, 0.4) is 0 Å². The van der Waals surface area contributed by atoms with E-state index >= 15 is 0 Å². The van der Waals surface area contributed by atoms with E-state index in [9.17, 15) is 0 Å². The molecule has 0 saturated heterocycles. The molecule has 0 aromatic heterocycles. The minimum absolute atomic E-state index is 0. The van der Waals surface area contributed by atoms with E-state index in [1.807, 2.05) is 38.1 Å². The van der Waals surface area contributed by atoms with Gasteiger partial charge in [-0.2, -0.15) is 0 Å². The molecule has 114 valence electrons. The second-order valence-corrected chi connectivity index (χ2v) is 4.85. The maximum atomic E-state index is 5.77. The molecular weight excluding hydrogens is 365 g/mol. The van der Waals surface area contributed by atoms with Gasteiger partial charge in [0, 0.05) is 6.04 Å². The first-order chi connectivity index (χ1) is 9.11. The van der Waals surface area contributed by atoms with Crippen LogP contribution >= 0.6 is 24.0 Å². The van der Waals surface area contributed by atoms with Gasteiger partial charge in [0.2, 0.25) is 0 Å². The van der Waals surface area contributed by atoms with E-state index in [1.54, 1.807) is 0 Å². The van der Waals surface area contributed by atoms with Gasteiger partial charge >= 0.3 is 0 Å². The van der Waals surface area contributed by atoms with Gasteiger partial charge in [-0.25, -0.2) is 4.99 Å². The summed E-state index contributed by atoms with van der Waals surface area (Å²) >= 11 is 0. The van der Waals surface area contributed by atoms with E-state index in [4.69, 9.17) is 10.5 Å². The lowest BCUT2D eigenvalue weighted by atomic mass is 10.2. The number of nitrogens with one attached hydrogen (secondary N) is 1. The molecule has 3 N–H and O–H groups in total. The molecule has 0 amide bonds. The molecule has 0 aliphatic carbocycles. The third kappa shape index (κ3) is 8.24. The molecule has 0 bridgehead atoms. The molecule has 0 saturated carbocycles. The topological polar surface area (TPSA) is 59.6 Å². The molecule has 1 aromatic carbocycles. The molecule has 4 nitrogen and oxygen atoms in total. The molecule has 20 heavy (non-hydrogen) atoms. The Labute approximate surface area is 139 Å². The lowest BCUT2D eigenvalue weighted by Crippen LogP contribution is -2.36. The van der Waals surface area contributed by atoms with Crippen LogP contribution in [0.25, 0.3) is 0 Å². The van der Waals surface area contributed by atoms with Gasteiger partial charge in [-0.1, -0.05) is 25.5 Å². The van der Waals surface area contributed by atoms with Gasteiger partial charge in [0.15, 0.2) is 5.96 Å². The average molecular weight is 391 g/mol. The normalized spacial score (nSPS) is 11.1. The molecule has 0 aliphatic rings. The number of guanidine groups is 1. The summed E-state index contributed by atoms with van der Waals surface area (Å²) in [5.41, 5.74) is 6.87.